The smallest absolute Gasteiger partial charge is 0.269 e. The van der Waals surface area contributed by atoms with E-state index in [1.54, 1.807) is 19.1 Å². The lowest BCUT2D eigenvalue weighted by Crippen LogP contribution is -2.48. The number of halogens is 2. The molecule has 0 spiro atoms. The average Bonchev–Trinajstić information content (AvgIpc) is 3.38. The topological polar surface area (TPSA) is 138 Å². The van der Waals surface area contributed by atoms with Crippen LogP contribution in [0.15, 0.2) is 78.4 Å². The highest BCUT2D eigenvalue weighted by atomic mass is 35.5. The summed E-state index contributed by atoms with van der Waals surface area (Å²) in [5.74, 6) is -6.30. The largest absolute Gasteiger partial charge is 0.508 e. The van der Waals surface area contributed by atoms with Crippen molar-refractivity contribution < 1.29 is 33.6 Å². The lowest BCUT2D eigenvalue weighted by atomic mass is 9.51. The fourth-order valence-electron chi connectivity index (χ4n) is 7.91. The van der Waals surface area contributed by atoms with Crippen LogP contribution in [-0.2, 0) is 19.2 Å². The van der Waals surface area contributed by atoms with E-state index in [0.29, 0.717) is 5.56 Å². The molecule has 2 aliphatic carbocycles. The van der Waals surface area contributed by atoms with Gasteiger partial charge in [-0.1, -0.05) is 35.4 Å². The first-order valence-electron chi connectivity index (χ1n) is 14.4. The summed E-state index contributed by atoms with van der Waals surface area (Å²) in [6.07, 6.45) is 2.23. The molecule has 2 aliphatic heterocycles. The Balaban J connectivity index is 1.33. The molecule has 1 saturated carbocycles. The number of imide groups is 2. The number of fused-ring (bicyclic) bond motifs is 4. The molecule has 0 radical (unpaired) electrons. The molecule has 3 aromatic carbocycles. The van der Waals surface area contributed by atoms with E-state index < -0.39 is 69.4 Å². The first-order valence-corrected chi connectivity index (χ1v) is 14.8. The van der Waals surface area contributed by atoms with Gasteiger partial charge in [0.1, 0.15) is 11.6 Å². The molecule has 45 heavy (non-hydrogen) atoms. The van der Waals surface area contributed by atoms with E-state index in [4.69, 9.17) is 11.6 Å². The normalized spacial score (nSPS) is 29.0. The Morgan fingerprint density at radius 2 is 1.58 bits per heavy atom. The number of aromatic hydroxyl groups is 1. The standard InChI is InChI=1S/C33H25ClFN3O7/c1-33-24(30(41)37(32(33)43)19-8-13-26(35)25(34)14-19)15-23-21(28(33)16-2-9-20(39)10-3-16)11-12-22-27(23)31(42)36(29(22)40)17-4-6-18(7-5-17)38(44)45/h2-11,13-14,22-24,27-28,39H,12,15H2,1H3. The molecule has 7 rings (SSSR count). The zero-order valence-electron chi connectivity index (χ0n) is 23.7. The van der Waals surface area contributed by atoms with Crippen LogP contribution in [0.2, 0.25) is 5.02 Å². The second-order valence-corrected chi connectivity index (χ2v) is 12.5. The van der Waals surface area contributed by atoms with Crippen molar-refractivity contribution in [2.24, 2.45) is 29.1 Å². The van der Waals surface area contributed by atoms with E-state index in [2.05, 4.69) is 0 Å². The number of allylic oxidation sites excluding steroid dienone is 2. The summed E-state index contributed by atoms with van der Waals surface area (Å²) in [6.45, 7) is 1.72. The number of nitro groups is 1. The molecule has 6 atom stereocenters. The van der Waals surface area contributed by atoms with Gasteiger partial charge in [0, 0.05) is 18.1 Å². The van der Waals surface area contributed by atoms with Crippen LogP contribution in [0.4, 0.5) is 21.5 Å². The Hall–Kier alpha value is -4.90. The summed E-state index contributed by atoms with van der Waals surface area (Å²) >= 11 is 6.03. The van der Waals surface area contributed by atoms with Crippen molar-refractivity contribution in [2.45, 2.75) is 25.7 Å². The molecule has 2 heterocycles. The molecule has 4 amide bonds. The fourth-order valence-corrected chi connectivity index (χ4v) is 8.09. The van der Waals surface area contributed by atoms with E-state index >= 15 is 0 Å². The molecular weight excluding hydrogens is 605 g/mol. The average molecular weight is 630 g/mol. The molecule has 3 fully saturated rings. The van der Waals surface area contributed by atoms with E-state index in [0.717, 1.165) is 21.4 Å². The third-order valence-corrected chi connectivity index (χ3v) is 10.3. The molecule has 0 bridgehead atoms. The molecule has 228 valence electrons. The molecule has 2 saturated heterocycles. The first-order chi connectivity index (χ1) is 21.4. The van der Waals surface area contributed by atoms with Crippen LogP contribution in [0.25, 0.3) is 0 Å². The summed E-state index contributed by atoms with van der Waals surface area (Å²) in [5.41, 5.74) is 0.259. The minimum atomic E-state index is -1.31. The molecule has 10 nitrogen and oxygen atoms in total. The van der Waals surface area contributed by atoms with Gasteiger partial charge in [0.25, 0.3) is 5.69 Å². The van der Waals surface area contributed by atoms with Crippen LogP contribution in [-0.4, -0.2) is 33.7 Å². The van der Waals surface area contributed by atoms with Gasteiger partial charge >= 0.3 is 0 Å². The summed E-state index contributed by atoms with van der Waals surface area (Å²) in [5, 5.41) is 20.9. The lowest BCUT2D eigenvalue weighted by Gasteiger charge is -2.49. The maximum atomic E-state index is 14.4. The van der Waals surface area contributed by atoms with Crippen LogP contribution in [0.1, 0.15) is 31.2 Å². The number of hydrogen-bond acceptors (Lipinski definition) is 7. The molecule has 3 aromatic rings. The quantitative estimate of drug-likeness (QED) is 0.173. The van der Waals surface area contributed by atoms with Crippen molar-refractivity contribution in [3.8, 4) is 5.75 Å². The Bertz CT molecular complexity index is 1860. The van der Waals surface area contributed by atoms with Crippen molar-refractivity contribution in [2.75, 3.05) is 9.80 Å². The van der Waals surface area contributed by atoms with Gasteiger partial charge < -0.3 is 5.11 Å². The minimum Gasteiger partial charge on any atom is -0.508 e. The first kappa shape index (κ1) is 28.8. The number of carbonyl (C=O) groups is 4. The predicted octanol–water partition coefficient (Wildman–Crippen LogP) is 5.53. The number of benzene rings is 3. The Morgan fingerprint density at radius 3 is 2.22 bits per heavy atom. The summed E-state index contributed by atoms with van der Waals surface area (Å²) in [7, 11) is 0. The van der Waals surface area contributed by atoms with Gasteiger partial charge in [-0.15, -0.1) is 0 Å². The van der Waals surface area contributed by atoms with E-state index in [1.165, 1.54) is 48.5 Å². The Labute approximate surface area is 260 Å². The number of non-ortho nitro benzene ring substituents is 1. The van der Waals surface area contributed by atoms with Gasteiger partial charge in [0.15, 0.2) is 0 Å². The van der Waals surface area contributed by atoms with Crippen LogP contribution in [0.3, 0.4) is 0 Å². The molecule has 6 unspecified atom stereocenters. The molecule has 1 N–H and O–H groups in total. The van der Waals surface area contributed by atoms with Crippen molar-refractivity contribution in [3.05, 3.63) is 105 Å². The number of nitrogens with zero attached hydrogens (tertiary/aromatic N) is 3. The second-order valence-electron chi connectivity index (χ2n) is 12.1. The van der Waals surface area contributed by atoms with Crippen LogP contribution in [0.5, 0.6) is 5.75 Å². The number of phenols is 1. The number of hydrogen-bond donors (Lipinski definition) is 1. The zero-order valence-corrected chi connectivity index (χ0v) is 24.5. The molecule has 12 heteroatoms. The third-order valence-electron chi connectivity index (χ3n) is 9.98. The summed E-state index contributed by atoms with van der Waals surface area (Å²) in [4.78, 5) is 69.0. The van der Waals surface area contributed by atoms with Gasteiger partial charge in [0.2, 0.25) is 23.6 Å². The third kappa shape index (κ3) is 4.06. The molecular formula is C33H25ClFN3O7. The van der Waals surface area contributed by atoms with Crippen LogP contribution < -0.4 is 9.80 Å². The highest BCUT2D eigenvalue weighted by Gasteiger charge is 2.67. The maximum absolute atomic E-state index is 14.4. The lowest BCUT2D eigenvalue weighted by molar-refractivity contribution is -0.384. The summed E-state index contributed by atoms with van der Waals surface area (Å²) < 4.78 is 14.0. The van der Waals surface area contributed by atoms with Crippen molar-refractivity contribution >= 4 is 52.3 Å². The summed E-state index contributed by atoms with van der Waals surface area (Å²) in [6, 6.07) is 15.1. The highest BCUT2D eigenvalue weighted by Crippen LogP contribution is 2.63. The number of nitro benzene ring substituents is 1. The van der Waals surface area contributed by atoms with E-state index in [-0.39, 0.29) is 40.7 Å². The maximum Gasteiger partial charge on any atom is 0.269 e. The van der Waals surface area contributed by atoms with E-state index in [1.807, 2.05) is 6.08 Å². The number of amides is 4. The minimum absolute atomic E-state index is 0.0113. The SMILES string of the molecule is CC12C(=O)N(c3ccc(F)c(Cl)c3)C(=O)C1CC1C(=CCC3C(=O)N(c4ccc([N+](=O)[O-])cc4)C(=O)C31)C2c1ccc(O)cc1. The van der Waals surface area contributed by atoms with Crippen LogP contribution >= 0.6 is 11.6 Å². The van der Waals surface area contributed by atoms with Crippen LogP contribution in [0, 0.1) is 45.0 Å². The molecule has 0 aromatic heterocycles. The Morgan fingerprint density at radius 1 is 0.911 bits per heavy atom. The number of carbonyl (C=O) groups excluding carboxylic acids is 4. The van der Waals surface area contributed by atoms with Gasteiger partial charge in [-0.05, 0) is 73.7 Å². The number of anilines is 2. The van der Waals surface area contributed by atoms with Gasteiger partial charge in [-0.2, -0.15) is 0 Å². The molecule has 4 aliphatic rings. The monoisotopic (exact) mass is 629 g/mol. The van der Waals surface area contributed by atoms with Gasteiger partial charge in [0.05, 0.1) is 44.5 Å². The Kier molecular flexibility index (Phi) is 6.45. The van der Waals surface area contributed by atoms with Crippen molar-refractivity contribution in [1.82, 2.24) is 0 Å². The highest BCUT2D eigenvalue weighted by molar-refractivity contribution is 6.32. The van der Waals surface area contributed by atoms with E-state index in [9.17, 15) is 38.8 Å². The zero-order chi connectivity index (χ0) is 31.9. The number of rotatable bonds is 4. The van der Waals surface area contributed by atoms with Crippen molar-refractivity contribution in [1.29, 1.82) is 0 Å². The fraction of sp³-hybridized carbons (Fsp3) is 0.273. The second kappa shape index (κ2) is 10.1. The van der Waals surface area contributed by atoms with Crippen molar-refractivity contribution in [3.63, 3.8) is 0 Å². The van der Waals surface area contributed by atoms with Gasteiger partial charge in [-0.25, -0.2) is 9.29 Å². The predicted molar refractivity (Wildman–Crippen MR) is 160 cm³/mol. The van der Waals surface area contributed by atoms with Gasteiger partial charge in [-0.3, -0.25) is 34.2 Å². The number of phenolic OH excluding ortho intramolecular Hbond substituents is 1.